The maximum absolute atomic E-state index is 5.10. The fourth-order valence-corrected chi connectivity index (χ4v) is 10.8. The van der Waals surface area contributed by atoms with Gasteiger partial charge < -0.3 is 14.4 Å². The molecule has 0 aliphatic carbocycles. The lowest BCUT2D eigenvalue weighted by Gasteiger charge is -2.26. The van der Waals surface area contributed by atoms with E-state index in [9.17, 15) is 0 Å². The predicted octanol–water partition coefficient (Wildman–Crippen LogP) is 19.8. The molecule has 78 heavy (non-hydrogen) atoms. The zero-order valence-electron chi connectivity index (χ0n) is 43.8. The summed E-state index contributed by atoms with van der Waals surface area (Å²) in [5.74, 6) is 0.716. The zero-order chi connectivity index (χ0) is 52.5. The Hall–Kier alpha value is -10.1. The van der Waals surface area contributed by atoms with E-state index in [0.29, 0.717) is 5.82 Å². The highest BCUT2D eigenvalue weighted by Crippen LogP contribution is 2.43. The lowest BCUT2D eigenvalue weighted by molar-refractivity contribution is 1.17. The van der Waals surface area contributed by atoms with Crippen LogP contribution in [0.15, 0.2) is 279 Å². The molecule has 11 aromatic carbocycles. The summed E-state index contributed by atoms with van der Waals surface area (Å²) < 4.78 is 2.43. The summed E-state index contributed by atoms with van der Waals surface area (Å²) in [5, 5.41) is 2.34. The molecule has 0 atom stereocenters. The van der Waals surface area contributed by atoms with Crippen LogP contribution in [0, 0.1) is 20.8 Å². The molecule has 0 spiro atoms. The second kappa shape index (κ2) is 20.6. The monoisotopic (exact) mass is 1000 g/mol. The lowest BCUT2D eigenvalue weighted by atomic mass is 9.96. The molecular formula is C73H55N5. The molecule has 13 rings (SSSR count). The molecular weight excluding hydrogens is 947 g/mol. The average Bonchev–Trinajstić information content (AvgIpc) is 3.95. The van der Waals surface area contributed by atoms with E-state index in [0.717, 1.165) is 90.1 Å². The molecule has 0 amide bonds. The van der Waals surface area contributed by atoms with Crippen molar-refractivity contribution in [3.63, 3.8) is 0 Å². The van der Waals surface area contributed by atoms with E-state index in [1.165, 1.54) is 38.6 Å². The van der Waals surface area contributed by atoms with Crippen molar-refractivity contribution in [2.75, 3.05) is 9.80 Å². The van der Waals surface area contributed by atoms with Gasteiger partial charge in [0.1, 0.15) is 0 Å². The minimum atomic E-state index is 0.716. The molecule has 0 unspecified atom stereocenters. The quantitative estimate of drug-likeness (QED) is 0.122. The molecule has 0 radical (unpaired) electrons. The standard InChI is InChI=1S/C73H55N5/c1-50-24-28-56(29-25-50)69-49-70(75-73(74-69)58-30-26-51(2)27-31-58)57-38-34-54(35-39-57)53-32-36-55(37-33-53)66-43-40-63(46-52(66)3)78-71-44-41-64(76(59-16-8-4-9-17-59)60-18-10-5-11-19-60)47-67(71)68-48-65(42-45-72(68)78)77(61-20-12-6-13-21-61)62-22-14-7-15-23-62/h4-49H,1-3H3. The number of anilines is 6. The molecule has 0 saturated heterocycles. The smallest absolute Gasteiger partial charge is 0.160 e. The van der Waals surface area contributed by atoms with Crippen LogP contribution in [-0.2, 0) is 0 Å². The molecule has 0 aliphatic heterocycles. The summed E-state index contributed by atoms with van der Waals surface area (Å²) in [6.07, 6.45) is 0. The molecule has 0 bridgehead atoms. The highest BCUT2D eigenvalue weighted by atomic mass is 15.1. The van der Waals surface area contributed by atoms with E-state index in [-0.39, 0.29) is 0 Å². The van der Waals surface area contributed by atoms with Gasteiger partial charge >= 0.3 is 0 Å². The van der Waals surface area contributed by atoms with Gasteiger partial charge in [0, 0.05) is 67.3 Å². The van der Waals surface area contributed by atoms with Gasteiger partial charge in [-0.2, -0.15) is 0 Å². The zero-order valence-corrected chi connectivity index (χ0v) is 43.8. The molecule has 5 nitrogen and oxygen atoms in total. The lowest BCUT2D eigenvalue weighted by Crippen LogP contribution is -2.09. The van der Waals surface area contributed by atoms with Gasteiger partial charge in [-0.1, -0.05) is 187 Å². The third-order valence-corrected chi connectivity index (χ3v) is 14.9. The van der Waals surface area contributed by atoms with E-state index in [2.05, 4.69) is 314 Å². The number of aromatic nitrogens is 3. The van der Waals surface area contributed by atoms with Crippen LogP contribution in [0.2, 0.25) is 0 Å². The van der Waals surface area contributed by atoms with Gasteiger partial charge in [0.05, 0.1) is 22.4 Å². The number of nitrogens with zero attached hydrogens (tertiary/aromatic N) is 5. The van der Waals surface area contributed by atoms with E-state index < -0.39 is 0 Å². The largest absolute Gasteiger partial charge is 0.310 e. The maximum Gasteiger partial charge on any atom is 0.160 e. The number of hydrogen-bond acceptors (Lipinski definition) is 4. The van der Waals surface area contributed by atoms with E-state index in [1.807, 2.05) is 0 Å². The van der Waals surface area contributed by atoms with Gasteiger partial charge in [0.15, 0.2) is 5.82 Å². The Labute approximate surface area is 456 Å². The fraction of sp³-hybridized carbons (Fsp3) is 0.0411. The SMILES string of the molecule is Cc1ccc(-c2cc(-c3ccc(-c4ccc(-c5ccc(-n6c7ccc(N(c8ccccc8)c8ccccc8)cc7c7cc(N(c8ccccc8)c8ccccc8)ccc76)cc5C)cc4)cc3)nc(-c3ccc(C)cc3)n2)cc1. The molecule has 0 saturated carbocycles. The Bertz CT molecular complexity index is 3950. The second-order valence-electron chi connectivity index (χ2n) is 20.1. The first-order valence-electron chi connectivity index (χ1n) is 26.6. The van der Waals surface area contributed by atoms with Crippen molar-refractivity contribution < 1.29 is 0 Å². The van der Waals surface area contributed by atoms with Gasteiger partial charge in [0.2, 0.25) is 0 Å². The van der Waals surface area contributed by atoms with Crippen LogP contribution in [0.1, 0.15) is 16.7 Å². The molecule has 0 N–H and O–H groups in total. The van der Waals surface area contributed by atoms with Crippen LogP contribution in [-0.4, -0.2) is 14.5 Å². The highest BCUT2D eigenvalue weighted by Gasteiger charge is 2.21. The van der Waals surface area contributed by atoms with Crippen molar-refractivity contribution in [3.8, 4) is 61.8 Å². The minimum absolute atomic E-state index is 0.716. The molecule has 5 heteroatoms. The molecule has 2 heterocycles. The van der Waals surface area contributed by atoms with Gasteiger partial charge in [-0.3, -0.25) is 0 Å². The molecule has 2 aromatic heterocycles. The fourth-order valence-electron chi connectivity index (χ4n) is 10.8. The second-order valence-corrected chi connectivity index (χ2v) is 20.1. The number of rotatable bonds is 12. The van der Waals surface area contributed by atoms with Crippen LogP contribution < -0.4 is 9.80 Å². The minimum Gasteiger partial charge on any atom is -0.310 e. The maximum atomic E-state index is 5.10. The third kappa shape index (κ3) is 9.29. The summed E-state index contributed by atoms with van der Waals surface area (Å²) in [4.78, 5) is 14.8. The van der Waals surface area contributed by atoms with Gasteiger partial charge in [-0.15, -0.1) is 0 Å². The van der Waals surface area contributed by atoms with Crippen molar-refractivity contribution in [3.05, 3.63) is 296 Å². The van der Waals surface area contributed by atoms with Crippen molar-refractivity contribution in [2.24, 2.45) is 0 Å². The first kappa shape index (κ1) is 47.6. The van der Waals surface area contributed by atoms with Crippen molar-refractivity contribution in [1.82, 2.24) is 14.5 Å². The summed E-state index contributed by atoms with van der Waals surface area (Å²) >= 11 is 0. The van der Waals surface area contributed by atoms with Crippen molar-refractivity contribution in [2.45, 2.75) is 20.8 Å². The first-order chi connectivity index (χ1) is 38.4. The van der Waals surface area contributed by atoms with Crippen LogP contribution in [0.3, 0.4) is 0 Å². The van der Waals surface area contributed by atoms with Crippen molar-refractivity contribution in [1.29, 1.82) is 0 Å². The summed E-state index contributed by atoms with van der Waals surface area (Å²) in [6.45, 7) is 6.44. The Morgan fingerprint density at radius 1 is 0.295 bits per heavy atom. The highest BCUT2D eigenvalue weighted by molar-refractivity contribution is 6.12. The summed E-state index contributed by atoms with van der Waals surface area (Å²) in [6, 6.07) is 100. The molecule has 372 valence electrons. The van der Waals surface area contributed by atoms with Crippen LogP contribution >= 0.6 is 0 Å². The van der Waals surface area contributed by atoms with E-state index >= 15 is 0 Å². The number of benzene rings is 11. The number of hydrogen-bond donors (Lipinski definition) is 0. The Morgan fingerprint density at radius 3 is 1.08 bits per heavy atom. The first-order valence-corrected chi connectivity index (χ1v) is 26.6. The van der Waals surface area contributed by atoms with Gasteiger partial charge in [0.25, 0.3) is 0 Å². The average molecular weight is 1000 g/mol. The Kier molecular flexibility index (Phi) is 12.5. The third-order valence-electron chi connectivity index (χ3n) is 14.9. The van der Waals surface area contributed by atoms with E-state index in [4.69, 9.17) is 9.97 Å². The van der Waals surface area contributed by atoms with Crippen LogP contribution in [0.5, 0.6) is 0 Å². The normalized spacial score (nSPS) is 11.3. The molecule has 13 aromatic rings. The van der Waals surface area contributed by atoms with Crippen molar-refractivity contribution >= 4 is 55.9 Å². The number of fused-ring (bicyclic) bond motifs is 3. The predicted molar refractivity (Wildman–Crippen MR) is 327 cm³/mol. The number of para-hydroxylation sites is 4. The molecule has 0 fully saturated rings. The summed E-state index contributed by atoms with van der Waals surface area (Å²) in [7, 11) is 0. The van der Waals surface area contributed by atoms with E-state index in [1.54, 1.807) is 0 Å². The Balaban J connectivity index is 0.852. The topological polar surface area (TPSA) is 37.2 Å². The number of aryl methyl sites for hydroxylation is 3. The van der Waals surface area contributed by atoms with Gasteiger partial charge in [-0.05, 0) is 152 Å². The molecule has 0 aliphatic rings. The Morgan fingerprint density at radius 2 is 0.667 bits per heavy atom. The van der Waals surface area contributed by atoms with Crippen LogP contribution in [0.25, 0.3) is 83.6 Å². The van der Waals surface area contributed by atoms with Gasteiger partial charge in [-0.25, -0.2) is 9.97 Å². The summed E-state index contributed by atoms with van der Waals surface area (Å²) in [5.41, 5.74) is 23.2. The van der Waals surface area contributed by atoms with Crippen LogP contribution in [0.4, 0.5) is 34.1 Å².